The topological polar surface area (TPSA) is 87.2 Å². The second kappa shape index (κ2) is 4.84. The van der Waals surface area contributed by atoms with Crippen LogP contribution in [0, 0.1) is 28.6 Å². The van der Waals surface area contributed by atoms with Crippen molar-refractivity contribution < 1.29 is 23.1 Å². The summed E-state index contributed by atoms with van der Waals surface area (Å²) in [6.07, 6.45) is 3.86. The van der Waals surface area contributed by atoms with Crippen molar-refractivity contribution in [1.82, 2.24) is 4.31 Å². The van der Waals surface area contributed by atoms with Crippen molar-refractivity contribution in [1.29, 1.82) is 0 Å². The first-order valence-corrected chi connectivity index (χ1v) is 11.5. The molecule has 7 atom stereocenters. The van der Waals surface area contributed by atoms with E-state index in [4.69, 9.17) is 4.74 Å². The summed E-state index contributed by atoms with van der Waals surface area (Å²) in [5.41, 5.74) is -0.770. The molecule has 0 unspecified atom stereocenters. The number of nitrogens with zero attached hydrogens (tertiary/aromatic N) is 1. The lowest BCUT2D eigenvalue weighted by Gasteiger charge is -2.38. The number of aliphatic hydroxyl groups is 1. The van der Waals surface area contributed by atoms with Crippen LogP contribution in [0.5, 0.6) is 0 Å². The van der Waals surface area contributed by atoms with Crippen LogP contribution in [-0.2, 0) is 19.6 Å². The van der Waals surface area contributed by atoms with Crippen molar-refractivity contribution in [3.63, 3.8) is 0 Å². The minimum Gasteiger partial charge on any atom is -0.393 e. The standard InChI is InChI=1S/C19H29NO5S/c1-11-8-19(9-21)15(25-19)7-13(11)16(22)20-14-6-12-4-5-18(14,17(12,2)3)10-26(20,23)24/h11-15,21H,4-10H2,1-3H3/t11-,12+,13+,14+,15+,18-,19+/m0/s1. The van der Waals surface area contributed by atoms with E-state index >= 15 is 0 Å². The summed E-state index contributed by atoms with van der Waals surface area (Å²) >= 11 is 0. The Morgan fingerprint density at radius 3 is 2.69 bits per heavy atom. The van der Waals surface area contributed by atoms with E-state index in [9.17, 15) is 18.3 Å². The van der Waals surface area contributed by atoms with Gasteiger partial charge in [0.05, 0.1) is 24.5 Å². The van der Waals surface area contributed by atoms with Crippen molar-refractivity contribution in [3.8, 4) is 0 Å². The number of hydrogen-bond donors (Lipinski definition) is 1. The predicted molar refractivity (Wildman–Crippen MR) is 94.6 cm³/mol. The minimum absolute atomic E-state index is 0.0201. The van der Waals surface area contributed by atoms with E-state index in [2.05, 4.69) is 13.8 Å². The number of carbonyl (C=O) groups is 1. The van der Waals surface area contributed by atoms with E-state index in [-0.39, 0.29) is 53.1 Å². The van der Waals surface area contributed by atoms with Crippen LogP contribution in [-0.4, -0.2) is 53.8 Å². The van der Waals surface area contributed by atoms with E-state index in [1.54, 1.807) is 0 Å². The highest BCUT2D eigenvalue weighted by Gasteiger charge is 2.73. The molecule has 0 aromatic rings. The summed E-state index contributed by atoms with van der Waals surface area (Å²) < 4.78 is 33.1. The second-order valence-electron chi connectivity index (χ2n) is 10.1. The molecule has 3 saturated carbocycles. The SMILES string of the molecule is C[C@H]1C[C@]2(CO)O[C@@H]2C[C@H]1C(=O)N1[C@@H]2C[C@H]3CC[C@@]2(CS1(=O)=O)C3(C)C. The molecule has 0 radical (unpaired) electrons. The molecule has 2 heterocycles. The number of epoxide rings is 1. The van der Waals surface area contributed by atoms with Gasteiger partial charge < -0.3 is 9.84 Å². The van der Waals surface area contributed by atoms with Gasteiger partial charge >= 0.3 is 0 Å². The lowest BCUT2D eigenvalue weighted by Crippen LogP contribution is -2.49. The van der Waals surface area contributed by atoms with Gasteiger partial charge in [-0.05, 0) is 49.4 Å². The molecule has 146 valence electrons. The zero-order valence-corrected chi connectivity index (χ0v) is 16.6. The van der Waals surface area contributed by atoms with Gasteiger partial charge in [-0.25, -0.2) is 12.7 Å². The highest BCUT2D eigenvalue weighted by Crippen LogP contribution is 2.70. The van der Waals surface area contributed by atoms with Crippen LogP contribution in [0.15, 0.2) is 0 Å². The van der Waals surface area contributed by atoms with Gasteiger partial charge in [-0.3, -0.25) is 4.79 Å². The lowest BCUT2D eigenvalue weighted by molar-refractivity contribution is -0.136. The lowest BCUT2D eigenvalue weighted by atomic mass is 9.68. The van der Waals surface area contributed by atoms with Crippen molar-refractivity contribution >= 4 is 15.9 Å². The first-order valence-electron chi connectivity index (χ1n) is 9.93. The largest absolute Gasteiger partial charge is 0.393 e. The number of aliphatic hydroxyl groups excluding tert-OH is 1. The monoisotopic (exact) mass is 383 g/mol. The quantitative estimate of drug-likeness (QED) is 0.731. The Labute approximate surface area is 155 Å². The molecule has 5 aliphatic rings. The van der Waals surface area contributed by atoms with Crippen LogP contribution < -0.4 is 0 Å². The maximum absolute atomic E-state index is 13.4. The maximum Gasteiger partial charge on any atom is 0.239 e. The molecule has 6 nitrogen and oxygen atoms in total. The average molecular weight is 384 g/mol. The van der Waals surface area contributed by atoms with Gasteiger partial charge in [0, 0.05) is 11.3 Å². The number of fused-ring (bicyclic) bond motifs is 2. The first kappa shape index (κ1) is 17.4. The Balaban J connectivity index is 1.46. The van der Waals surface area contributed by atoms with E-state index in [0.29, 0.717) is 18.8 Å². The fourth-order valence-electron chi connectivity index (χ4n) is 7.13. The number of hydrogen-bond acceptors (Lipinski definition) is 5. The summed E-state index contributed by atoms with van der Waals surface area (Å²) in [5, 5.41) is 9.56. The normalized spacial score (nSPS) is 52.6. The molecule has 1 spiro atoms. The zero-order valence-electron chi connectivity index (χ0n) is 15.8. The van der Waals surface area contributed by atoms with Crippen LogP contribution in [0.1, 0.15) is 52.9 Å². The molecule has 2 saturated heterocycles. The molecule has 0 aromatic carbocycles. The van der Waals surface area contributed by atoms with Crippen LogP contribution in [0.3, 0.4) is 0 Å². The molecular weight excluding hydrogens is 354 g/mol. The molecule has 0 aromatic heterocycles. The molecule has 2 bridgehead atoms. The third-order valence-electron chi connectivity index (χ3n) is 8.94. The predicted octanol–water partition coefficient (Wildman–Crippen LogP) is 1.53. The van der Waals surface area contributed by atoms with E-state index in [1.165, 1.54) is 4.31 Å². The van der Waals surface area contributed by atoms with Gasteiger partial charge in [0.15, 0.2) is 0 Å². The number of rotatable bonds is 2. The van der Waals surface area contributed by atoms with Gasteiger partial charge in [0.1, 0.15) is 5.60 Å². The zero-order chi connectivity index (χ0) is 18.7. The number of ether oxygens (including phenoxy) is 1. The average Bonchev–Trinajstić information content (AvgIpc) is 3.07. The van der Waals surface area contributed by atoms with Crippen LogP contribution in [0.4, 0.5) is 0 Å². The van der Waals surface area contributed by atoms with Crippen LogP contribution >= 0.6 is 0 Å². The van der Waals surface area contributed by atoms with Gasteiger partial charge in [-0.1, -0.05) is 20.8 Å². The maximum atomic E-state index is 13.4. The molecule has 5 rings (SSSR count). The molecule has 1 amide bonds. The number of sulfonamides is 1. The third-order valence-corrected chi connectivity index (χ3v) is 10.9. The van der Waals surface area contributed by atoms with E-state index in [1.807, 2.05) is 6.92 Å². The Kier molecular flexibility index (Phi) is 3.25. The summed E-state index contributed by atoms with van der Waals surface area (Å²) in [7, 11) is -3.56. The Bertz CT molecular complexity index is 779. The molecular formula is C19H29NO5S. The van der Waals surface area contributed by atoms with Crippen molar-refractivity contribution in [2.24, 2.45) is 28.6 Å². The number of carbonyl (C=O) groups excluding carboxylic acids is 1. The molecule has 1 N–H and O–H groups in total. The van der Waals surface area contributed by atoms with Gasteiger partial charge in [0.25, 0.3) is 0 Å². The van der Waals surface area contributed by atoms with Gasteiger partial charge in [-0.2, -0.15) is 0 Å². The van der Waals surface area contributed by atoms with Crippen molar-refractivity contribution in [3.05, 3.63) is 0 Å². The summed E-state index contributed by atoms with van der Waals surface area (Å²) in [4.78, 5) is 13.4. The van der Waals surface area contributed by atoms with Crippen LogP contribution in [0.25, 0.3) is 0 Å². The van der Waals surface area contributed by atoms with E-state index in [0.717, 1.165) is 19.3 Å². The van der Waals surface area contributed by atoms with Gasteiger partial charge in [-0.15, -0.1) is 0 Å². The summed E-state index contributed by atoms with van der Waals surface area (Å²) in [6, 6.07) is -0.161. The number of amides is 1. The molecule has 3 aliphatic carbocycles. The second-order valence-corrected chi connectivity index (χ2v) is 12.0. The molecule has 2 aliphatic heterocycles. The van der Waals surface area contributed by atoms with Crippen LogP contribution in [0.2, 0.25) is 0 Å². The van der Waals surface area contributed by atoms with Crippen molar-refractivity contribution in [2.45, 2.75) is 70.6 Å². The third kappa shape index (κ3) is 1.85. The molecule has 7 heteroatoms. The fourth-order valence-corrected chi connectivity index (χ4v) is 9.72. The van der Waals surface area contributed by atoms with Gasteiger partial charge in [0.2, 0.25) is 15.9 Å². The molecule has 5 fully saturated rings. The summed E-state index contributed by atoms with van der Waals surface area (Å²) in [5.74, 6) is 0.114. The smallest absolute Gasteiger partial charge is 0.239 e. The fraction of sp³-hybridized carbons (Fsp3) is 0.947. The molecule has 26 heavy (non-hydrogen) atoms. The first-order chi connectivity index (χ1) is 12.1. The Morgan fingerprint density at radius 1 is 1.31 bits per heavy atom. The highest BCUT2D eigenvalue weighted by molar-refractivity contribution is 7.90. The highest BCUT2D eigenvalue weighted by atomic mass is 32.2. The summed E-state index contributed by atoms with van der Waals surface area (Å²) in [6.45, 7) is 6.36. The van der Waals surface area contributed by atoms with Crippen molar-refractivity contribution in [2.75, 3.05) is 12.4 Å². The Hall–Kier alpha value is -0.660. The van der Waals surface area contributed by atoms with E-state index < -0.39 is 15.6 Å². The minimum atomic E-state index is -3.56. The Morgan fingerprint density at radius 2 is 2.04 bits per heavy atom.